The Morgan fingerprint density at radius 2 is 1.51 bits per heavy atom. The number of hydrogen-bond donors (Lipinski definition) is 2. The second-order valence-corrected chi connectivity index (χ2v) is 7.71. The molecule has 1 aliphatic rings. The lowest BCUT2D eigenvalue weighted by atomic mass is 10.1. The van der Waals surface area contributed by atoms with Crippen LogP contribution >= 0.6 is 0 Å². The van der Waals surface area contributed by atoms with Gasteiger partial charge in [-0.05, 0) is 48.5 Å². The predicted octanol–water partition coefficient (Wildman–Crippen LogP) is 4.95. The minimum absolute atomic E-state index is 0.0105. The van der Waals surface area contributed by atoms with Gasteiger partial charge in [0, 0.05) is 31.9 Å². The van der Waals surface area contributed by atoms with Crippen molar-refractivity contribution in [3.05, 3.63) is 78.0 Å². The number of aromatic nitrogens is 1. The third kappa shape index (κ3) is 5.81. The van der Waals surface area contributed by atoms with Crippen molar-refractivity contribution in [3.63, 3.8) is 0 Å². The Labute approximate surface area is 198 Å². The molecule has 35 heavy (non-hydrogen) atoms. The van der Waals surface area contributed by atoms with E-state index in [-0.39, 0.29) is 38.0 Å². The lowest BCUT2D eigenvalue weighted by Crippen LogP contribution is -2.50. The molecule has 2 heterocycles. The van der Waals surface area contributed by atoms with Crippen LogP contribution in [0.15, 0.2) is 66.7 Å². The molecule has 1 aromatic heterocycles. The Morgan fingerprint density at radius 3 is 2.11 bits per heavy atom. The van der Waals surface area contributed by atoms with Gasteiger partial charge >= 0.3 is 18.2 Å². The Bertz CT molecular complexity index is 1200. The molecule has 3 aromatic rings. The summed E-state index contributed by atoms with van der Waals surface area (Å²) in [6, 6.07) is 17.9. The van der Waals surface area contributed by atoms with Crippen molar-refractivity contribution in [1.82, 2.24) is 9.88 Å². The molecule has 0 atom stereocenters. The normalized spacial score (nSPS) is 13.9. The van der Waals surface area contributed by atoms with E-state index >= 15 is 0 Å². The smallest absolute Gasteiger partial charge is 0.434 e. The largest absolute Gasteiger partial charge is 0.478 e. The highest BCUT2D eigenvalue weighted by Gasteiger charge is 2.38. The zero-order valence-electron chi connectivity index (χ0n) is 18.3. The predicted molar refractivity (Wildman–Crippen MR) is 122 cm³/mol. The number of para-hydroxylation sites is 1. The highest BCUT2D eigenvalue weighted by molar-refractivity contribution is 5.90. The second kappa shape index (κ2) is 9.92. The molecule has 182 valence electrons. The van der Waals surface area contributed by atoms with Gasteiger partial charge in [0.25, 0.3) is 0 Å². The number of carbonyl (C=O) groups is 2. The van der Waals surface area contributed by atoms with Gasteiger partial charge in [0.1, 0.15) is 17.3 Å². The van der Waals surface area contributed by atoms with Crippen LogP contribution in [-0.4, -0.2) is 53.2 Å². The number of urea groups is 1. The molecule has 0 unspecified atom stereocenters. The first kappa shape index (κ1) is 23.9. The van der Waals surface area contributed by atoms with Crippen LogP contribution in [0.2, 0.25) is 0 Å². The lowest BCUT2D eigenvalue weighted by molar-refractivity contribution is -0.141. The van der Waals surface area contributed by atoms with Crippen molar-refractivity contribution in [1.29, 1.82) is 0 Å². The van der Waals surface area contributed by atoms with Crippen molar-refractivity contribution in [2.24, 2.45) is 0 Å². The molecule has 0 bridgehead atoms. The number of nitrogens with one attached hydrogen (secondary N) is 1. The summed E-state index contributed by atoms with van der Waals surface area (Å²) in [6.45, 7) is 0.997. The summed E-state index contributed by atoms with van der Waals surface area (Å²) in [7, 11) is 0. The van der Waals surface area contributed by atoms with Gasteiger partial charge in [-0.25, -0.2) is 14.6 Å². The summed E-state index contributed by atoms with van der Waals surface area (Å²) in [5, 5.41) is 11.8. The molecule has 1 saturated heterocycles. The van der Waals surface area contributed by atoms with E-state index in [0.717, 1.165) is 6.07 Å². The first-order valence-electron chi connectivity index (χ1n) is 10.7. The number of piperazine rings is 1. The number of ether oxygens (including phenoxy) is 1. The topological polar surface area (TPSA) is 95.0 Å². The number of halogens is 3. The molecule has 0 spiro atoms. The van der Waals surface area contributed by atoms with Crippen LogP contribution < -0.4 is 15.0 Å². The Hall–Kier alpha value is -4.28. The minimum Gasteiger partial charge on any atom is -0.478 e. The molecule has 0 saturated carbocycles. The van der Waals surface area contributed by atoms with Crippen LogP contribution in [0, 0.1) is 0 Å². The Kier molecular flexibility index (Phi) is 6.76. The van der Waals surface area contributed by atoms with E-state index in [2.05, 4.69) is 10.3 Å². The lowest BCUT2D eigenvalue weighted by Gasteiger charge is -2.35. The van der Waals surface area contributed by atoms with Gasteiger partial charge in [0.2, 0.25) is 0 Å². The minimum atomic E-state index is -4.90. The van der Waals surface area contributed by atoms with Crippen LogP contribution in [-0.2, 0) is 6.18 Å². The van der Waals surface area contributed by atoms with E-state index in [1.807, 2.05) is 30.3 Å². The van der Waals surface area contributed by atoms with Crippen LogP contribution in [0.3, 0.4) is 0 Å². The second-order valence-electron chi connectivity index (χ2n) is 7.71. The number of anilines is 2. The molecule has 4 rings (SSSR count). The average molecular weight is 486 g/mol. The van der Waals surface area contributed by atoms with Gasteiger partial charge in [-0.1, -0.05) is 18.2 Å². The van der Waals surface area contributed by atoms with E-state index in [0.29, 0.717) is 17.2 Å². The summed E-state index contributed by atoms with van der Waals surface area (Å²) in [5.41, 5.74) is -1.78. The first-order chi connectivity index (χ1) is 16.7. The van der Waals surface area contributed by atoms with Gasteiger partial charge in [-0.2, -0.15) is 13.2 Å². The maximum absolute atomic E-state index is 13.3. The summed E-state index contributed by atoms with van der Waals surface area (Å²) in [6.07, 6.45) is -4.90. The molecule has 2 aromatic carbocycles. The summed E-state index contributed by atoms with van der Waals surface area (Å²) in [4.78, 5) is 30.4. The molecule has 11 heteroatoms. The summed E-state index contributed by atoms with van der Waals surface area (Å²) in [5.74, 6) is -0.382. The number of pyridine rings is 1. The Morgan fingerprint density at radius 1 is 0.886 bits per heavy atom. The monoisotopic (exact) mass is 486 g/mol. The van der Waals surface area contributed by atoms with E-state index in [1.54, 1.807) is 34.1 Å². The molecule has 2 N–H and O–H groups in total. The zero-order valence-corrected chi connectivity index (χ0v) is 18.3. The number of hydrogen-bond acceptors (Lipinski definition) is 5. The number of nitrogens with zero attached hydrogens (tertiary/aromatic N) is 3. The van der Waals surface area contributed by atoms with Gasteiger partial charge in [0.05, 0.1) is 5.56 Å². The standard InChI is InChI=1S/C24H21F3N4O4/c25-24(26,27)21-19(22(32)33)10-11-20(29-21)30-12-14-31(15-13-30)23(34)28-16-6-8-18(9-7-16)35-17-4-2-1-3-5-17/h1-11H,12-15H2,(H,28,34)(H,32,33). The van der Waals surface area contributed by atoms with Crippen LogP contribution in [0.1, 0.15) is 16.1 Å². The zero-order chi connectivity index (χ0) is 25.0. The van der Waals surface area contributed by atoms with E-state index < -0.39 is 23.4 Å². The number of carboxylic acid groups (broad SMARTS) is 1. The van der Waals surface area contributed by atoms with Crippen molar-refractivity contribution >= 4 is 23.5 Å². The molecule has 0 aliphatic carbocycles. The number of rotatable bonds is 5. The fraction of sp³-hybridized carbons (Fsp3) is 0.208. The van der Waals surface area contributed by atoms with Crippen LogP contribution in [0.25, 0.3) is 0 Å². The highest BCUT2D eigenvalue weighted by atomic mass is 19.4. The Balaban J connectivity index is 1.34. The van der Waals surface area contributed by atoms with E-state index in [1.165, 1.54) is 6.07 Å². The van der Waals surface area contributed by atoms with Gasteiger partial charge in [-0.15, -0.1) is 0 Å². The molecule has 0 radical (unpaired) electrons. The van der Waals surface area contributed by atoms with E-state index in [4.69, 9.17) is 9.84 Å². The third-order valence-electron chi connectivity index (χ3n) is 5.35. The van der Waals surface area contributed by atoms with Gasteiger partial charge < -0.3 is 25.0 Å². The quantitative estimate of drug-likeness (QED) is 0.530. The first-order valence-corrected chi connectivity index (χ1v) is 10.7. The van der Waals surface area contributed by atoms with E-state index in [9.17, 15) is 22.8 Å². The molecule has 8 nitrogen and oxygen atoms in total. The fourth-order valence-electron chi connectivity index (χ4n) is 3.59. The van der Waals surface area contributed by atoms with Crippen LogP contribution in [0.5, 0.6) is 11.5 Å². The number of benzene rings is 2. The van der Waals surface area contributed by atoms with Crippen molar-refractivity contribution < 1.29 is 32.6 Å². The molecular weight excluding hydrogens is 465 g/mol. The van der Waals surface area contributed by atoms with Gasteiger partial charge in [-0.3, -0.25) is 0 Å². The summed E-state index contributed by atoms with van der Waals surface area (Å²) >= 11 is 0. The number of aromatic carboxylic acids is 1. The average Bonchev–Trinajstić information content (AvgIpc) is 2.85. The number of amides is 2. The maximum atomic E-state index is 13.3. The van der Waals surface area contributed by atoms with Crippen molar-refractivity contribution in [3.8, 4) is 11.5 Å². The van der Waals surface area contributed by atoms with Gasteiger partial charge in [0.15, 0.2) is 5.69 Å². The maximum Gasteiger partial charge on any atom is 0.434 e. The molecular formula is C24H21F3N4O4. The molecule has 2 amide bonds. The third-order valence-corrected chi connectivity index (χ3v) is 5.35. The SMILES string of the molecule is O=C(O)c1ccc(N2CCN(C(=O)Nc3ccc(Oc4ccccc4)cc3)CC2)nc1C(F)(F)F. The van der Waals surface area contributed by atoms with Crippen LogP contribution in [0.4, 0.5) is 29.5 Å². The summed E-state index contributed by atoms with van der Waals surface area (Å²) < 4.78 is 45.5. The molecule has 1 aliphatic heterocycles. The van der Waals surface area contributed by atoms with Crippen molar-refractivity contribution in [2.75, 3.05) is 36.4 Å². The number of carbonyl (C=O) groups excluding carboxylic acids is 1. The highest BCUT2D eigenvalue weighted by Crippen LogP contribution is 2.32. The molecule has 1 fully saturated rings. The van der Waals surface area contributed by atoms with Crippen molar-refractivity contribution in [2.45, 2.75) is 6.18 Å². The number of alkyl halides is 3. The number of carboxylic acids is 1. The fourth-order valence-corrected chi connectivity index (χ4v) is 3.59.